The van der Waals surface area contributed by atoms with E-state index in [4.69, 9.17) is 0 Å². The summed E-state index contributed by atoms with van der Waals surface area (Å²) >= 11 is 0. The maximum absolute atomic E-state index is 12.0. The van der Waals surface area contributed by atoms with E-state index in [-0.39, 0.29) is 5.41 Å². The number of benzene rings is 1. The summed E-state index contributed by atoms with van der Waals surface area (Å²) in [5.41, 5.74) is 1.15. The standard InChI is InChI=1S/C16H24O/c1-4-5-11-15(17)16(2,3)13-12-14-9-7-6-8-10-14/h6-10H,4-5,11-13H2,1-3H3. The van der Waals surface area contributed by atoms with Crippen LogP contribution in [0.4, 0.5) is 0 Å². The van der Waals surface area contributed by atoms with Gasteiger partial charge in [-0.1, -0.05) is 57.5 Å². The molecule has 0 bridgehead atoms. The number of Topliss-reactive ketones (excluding diaryl/α,β-unsaturated/α-hetero) is 1. The molecule has 0 unspecified atom stereocenters. The number of aryl methyl sites for hydroxylation is 1. The van der Waals surface area contributed by atoms with E-state index in [9.17, 15) is 4.79 Å². The number of carbonyl (C=O) groups excluding carboxylic acids is 1. The molecule has 0 saturated heterocycles. The molecule has 1 aromatic rings. The Kier molecular flexibility index (Phi) is 5.40. The van der Waals surface area contributed by atoms with Crippen molar-refractivity contribution in [1.29, 1.82) is 0 Å². The smallest absolute Gasteiger partial charge is 0.138 e. The minimum absolute atomic E-state index is 0.176. The number of hydrogen-bond acceptors (Lipinski definition) is 1. The molecular weight excluding hydrogens is 208 g/mol. The summed E-state index contributed by atoms with van der Waals surface area (Å²) in [6.07, 6.45) is 4.79. The van der Waals surface area contributed by atoms with Crippen molar-refractivity contribution in [2.45, 2.75) is 52.9 Å². The third-order valence-corrected chi connectivity index (χ3v) is 3.39. The number of hydrogen-bond donors (Lipinski definition) is 0. The van der Waals surface area contributed by atoms with E-state index >= 15 is 0 Å². The van der Waals surface area contributed by atoms with Crippen molar-refractivity contribution < 1.29 is 4.79 Å². The monoisotopic (exact) mass is 232 g/mol. The van der Waals surface area contributed by atoms with Gasteiger partial charge < -0.3 is 0 Å². The lowest BCUT2D eigenvalue weighted by atomic mass is 9.80. The normalized spacial score (nSPS) is 11.5. The van der Waals surface area contributed by atoms with Gasteiger partial charge >= 0.3 is 0 Å². The summed E-state index contributed by atoms with van der Waals surface area (Å²) in [5, 5.41) is 0. The van der Waals surface area contributed by atoms with E-state index in [2.05, 4.69) is 45.0 Å². The van der Waals surface area contributed by atoms with Gasteiger partial charge in [-0.15, -0.1) is 0 Å². The Morgan fingerprint density at radius 1 is 1.18 bits per heavy atom. The number of rotatable bonds is 7. The second-order valence-electron chi connectivity index (χ2n) is 5.40. The van der Waals surface area contributed by atoms with Gasteiger partial charge in [0, 0.05) is 11.8 Å². The molecule has 1 rings (SSSR count). The molecule has 1 aromatic carbocycles. The lowest BCUT2D eigenvalue weighted by Crippen LogP contribution is -2.24. The maximum Gasteiger partial charge on any atom is 0.138 e. The van der Waals surface area contributed by atoms with E-state index in [0.717, 1.165) is 32.1 Å². The molecule has 0 N–H and O–H groups in total. The van der Waals surface area contributed by atoms with Crippen molar-refractivity contribution in [3.63, 3.8) is 0 Å². The summed E-state index contributed by atoms with van der Waals surface area (Å²) in [7, 11) is 0. The first kappa shape index (κ1) is 14.0. The largest absolute Gasteiger partial charge is 0.299 e. The predicted octanol–water partition coefficient (Wildman–Crippen LogP) is 4.40. The summed E-state index contributed by atoms with van der Waals surface area (Å²) in [5.74, 6) is 0.412. The molecule has 1 nitrogen and oxygen atoms in total. The SMILES string of the molecule is CCCCC(=O)C(C)(C)CCc1ccccc1. The van der Waals surface area contributed by atoms with Gasteiger partial charge in [0.25, 0.3) is 0 Å². The van der Waals surface area contributed by atoms with Gasteiger partial charge in [0.05, 0.1) is 0 Å². The van der Waals surface area contributed by atoms with Gasteiger partial charge in [0.15, 0.2) is 0 Å². The molecule has 1 heteroatoms. The molecule has 0 radical (unpaired) electrons. The molecule has 17 heavy (non-hydrogen) atoms. The van der Waals surface area contributed by atoms with E-state index < -0.39 is 0 Å². The van der Waals surface area contributed by atoms with Crippen LogP contribution in [-0.4, -0.2) is 5.78 Å². The lowest BCUT2D eigenvalue weighted by molar-refractivity contribution is -0.127. The van der Waals surface area contributed by atoms with Gasteiger partial charge in [-0.3, -0.25) is 4.79 Å². The highest BCUT2D eigenvalue weighted by atomic mass is 16.1. The molecular formula is C16H24O. The van der Waals surface area contributed by atoms with Crippen LogP contribution in [0.3, 0.4) is 0 Å². The van der Waals surface area contributed by atoms with Gasteiger partial charge in [0.2, 0.25) is 0 Å². The van der Waals surface area contributed by atoms with Crippen molar-refractivity contribution in [2.24, 2.45) is 5.41 Å². The molecule has 0 amide bonds. The zero-order valence-corrected chi connectivity index (χ0v) is 11.3. The molecule has 0 atom stereocenters. The predicted molar refractivity (Wildman–Crippen MR) is 73.1 cm³/mol. The highest BCUT2D eigenvalue weighted by Gasteiger charge is 2.25. The molecule has 0 spiro atoms. The molecule has 0 aromatic heterocycles. The quantitative estimate of drug-likeness (QED) is 0.680. The van der Waals surface area contributed by atoms with E-state index in [1.807, 2.05) is 6.07 Å². The van der Waals surface area contributed by atoms with Crippen molar-refractivity contribution >= 4 is 5.78 Å². The Hall–Kier alpha value is -1.11. The minimum atomic E-state index is -0.176. The second-order valence-corrected chi connectivity index (χ2v) is 5.40. The van der Waals surface area contributed by atoms with Crippen LogP contribution in [0.15, 0.2) is 30.3 Å². The zero-order valence-electron chi connectivity index (χ0n) is 11.3. The van der Waals surface area contributed by atoms with Crippen molar-refractivity contribution in [1.82, 2.24) is 0 Å². The first-order chi connectivity index (χ1) is 8.06. The number of unbranched alkanes of at least 4 members (excludes halogenated alkanes) is 1. The summed E-state index contributed by atoms with van der Waals surface area (Å²) in [6, 6.07) is 10.4. The van der Waals surface area contributed by atoms with Crippen molar-refractivity contribution in [3.8, 4) is 0 Å². The average molecular weight is 232 g/mol. The van der Waals surface area contributed by atoms with Crippen LogP contribution in [0, 0.1) is 5.41 Å². The second kappa shape index (κ2) is 6.58. The van der Waals surface area contributed by atoms with Crippen LogP contribution in [-0.2, 0) is 11.2 Å². The van der Waals surface area contributed by atoms with Crippen LogP contribution in [0.25, 0.3) is 0 Å². The van der Waals surface area contributed by atoms with Crippen molar-refractivity contribution in [2.75, 3.05) is 0 Å². The Labute approximate surface area is 105 Å². The molecule has 94 valence electrons. The molecule has 0 aliphatic rings. The Balaban J connectivity index is 2.46. The van der Waals surface area contributed by atoms with E-state index in [0.29, 0.717) is 5.78 Å². The van der Waals surface area contributed by atoms with Gasteiger partial charge in [-0.05, 0) is 24.8 Å². The van der Waals surface area contributed by atoms with Crippen molar-refractivity contribution in [3.05, 3.63) is 35.9 Å². The summed E-state index contributed by atoms with van der Waals surface area (Å²) < 4.78 is 0. The molecule has 0 aliphatic carbocycles. The summed E-state index contributed by atoms with van der Waals surface area (Å²) in [6.45, 7) is 6.28. The van der Waals surface area contributed by atoms with Crippen LogP contribution in [0.2, 0.25) is 0 Å². The highest BCUT2D eigenvalue weighted by Crippen LogP contribution is 2.26. The fraction of sp³-hybridized carbons (Fsp3) is 0.562. The van der Waals surface area contributed by atoms with Gasteiger partial charge in [-0.2, -0.15) is 0 Å². The first-order valence-corrected chi connectivity index (χ1v) is 6.63. The topological polar surface area (TPSA) is 17.1 Å². The first-order valence-electron chi connectivity index (χ1n) is 6.63. The fourth-order valence-corrected chi connectivity index (χ4v) is 1.92. The molecule has 0 fully saturated rings. The molecule has 0 heterocycles. The third kappa shape index (κ3) is 4.72. The number of carbonyl (C=O) groups is 1. The summed E-state index contributed by atoms with van der Waals surface area (Å²) in [4.78, 5) is 12.0. The van der Waals surface area contributed by atoms with Crippen LogP contribution in [0.1, 0.15) is 52.0 Å². The highest BCUT2D eigenvalue weighted by molar-refractivity contribution is 5.83. The third-order valence-electron chi connectivity index (χ3n) is 3.39. The van der Waals surface area contributed by atoms with E-state index in [1.165, 1.54) is 5.56 Å². The van der Waals surface area contributed by atoms with Gasteiger partial charge in [-0.25, -0.2) is 0 Å². The maximum atomic E-state index is 12.0. The van der Waals surface area contributed by atoms with Crippen LogP contribution in [0.5, 0.6) is 0 Å². The van der Waals surface area contributed by atoms with Crippen LogP contribution < -0.4 is 0 Å². The average Bonchev–Trinajstić information content (AvgIpc) is 2.35. The van der Waals surface area contributed by atoms with E-state index in [1.54, 1.807) is 0 Å². The Bertz CT molecular complexity index is 338. The zero-order chi connectivity index (χ0) is 12.7. The fourth-order valence-electron chi connectivity index (χ4n) is 1.92. The lowest BCUT2D eigenvalue weighted by Gasteiger charge is -2.23. The Morgan fingerprint density at radius 2 is 1.82 bits per heavy atom. The number of ketones is 1. The van der Waals surface area contributed by atoms with Gasteiger partial charge in [0.1, 0.15) is 5.78 Å². The Morgan fingerprint density at radius 3 is 2.41 bits per heavy atom. The minimum Gasteiger partial charge on any atom is -0.299 e. The molecule has 0 saturated carbocycles. The van der Waals surface area contributed by atoms with Crippen LogP contribution >= 0.6 is 0 Å². The molecule has 0 aliphatic heterocycles.